The predicted molar refractivity (Wildman–Crippen MR) is 183 cm³/mol. The molecule has 214 valence electrons. The predicted octanol–water partition coefficient (Wildman–Crippen LogP) is 9.57. The van der Waals surface area contributed by atoms with Crippen LogP contribution < -0.4 is 0 Å². The summed E-state index contributed by atoms with van der Waals surface area (Å²) < 4.78 is 2.13. The van der Waals surface area contributed by atoms with Gasteiger partial charge in [-0.2, -0.15) is 5.10 Å². The standard InChI is InChI=1S/C40H29N5/c1-2-34-36(28-17-9-4-10-18-28)37-33-25-32(24-23-31(33)26-35(45(37)44-34)27-15-7-3-8-16-27)40-42-38(29-19-11-5-12-20-29)41-39(43-40)30-21-13-6-14-22-30/h3-26H,2H2,1H3. The average molecular weight is 580 g/mol. The smallest absolute Gasteiger partial charge is 0.164 e. The molecule has 3 aromatic heterocycles. The molecule has 0 saturated carbocycles. The summed E-state index contributed by atoms with van der Waals surface area (Å²) in [5.41, 5.74) is 9.45. The van der Waals surface area contributed by atoms with Crippen LogP contribution in [0.15, 0.2) is 146 Å². The Hall–Kier alpha value is -5.94. The van der Waals surface area contributed by atoms with Gasteiger partial charge in [0.05, 0.1) is 16.9 Å². The summed E-state index contributed by atoms with van der Waals surface area (Å²) in [6, 6.07) is 50.0. The van der Waals surface area contributed by atoms with Gasteiger partial charge in [-0.3, -0.25) is 0 Å². The van der Waals surface area contributed by atoms with Crippen LogP contribution >= 0.6 is 0 Å². The SMILES string of the molecule is CCc1nn2c(-c3ccccc3)cc3ccc(-c4nc(-c5ccccc5)nc(-c5ccccc5)n4)cc3c2c1-c1ccccc1. The lowest BCUT2D eigenvalue weighted by atomic mass is 9.97. The number of pyridine rings is 1. The molecule has 0 fully saturated rings. The number of aromatic nitrogens is 5. The van der Waals surface area contributed by atoms with Crippen molar-refractivity contribution in [1.29, 1.82) is 0 Å². The lowest BCUT2D eigenvalue weighted by Crippen LogP contribution is -2.00. The van der Waals surface area contributed by atoms with Crippen molar-refractivity contribution >= 4 is 16.3 Å². The van der Waals surface area contributed by atoms with E-state index in [1.54, 1.807) is 0 Å². The highest BCUT2D eigenvalue weighted by molar-refractivity contribution is 6.07. The quantitative estimate of drug-likeness (QED) is 0.197. The number of aryl methyl sites for hydroxylation is 1. The number of rotatable bonds is 6. The average Bonchev–Trinajstić information content (AvgIpc) is 3.52. The van der Waals surface area contributed by atoms with Gasteiger partial charge >= 0.3 is 0 Å². The molecule has 8 rings (SSSR count). The first kappa shape index (κ1) is 26.7. The molecular weight excluding hydrogens is 550 g/mol. The van der Waals surface area contributed by atoms with Gasteiger partial charge in [0.25, 0.3) is 0 Å². The van der Waals surface area contributed by atoms with Crippen LogP contribution in [0.5, 0.6) is 0 Å². The van der Waals surface area contributed by atoms with Crippen LogP contribution in [0.4, 0.5) is 0 Å². The molecule has 0 aliphatic carbocycles. The number of nitrogens with zero attached hydrogens (tertiary/aromatic N) is 5. The van der Waals surface area contributed by atoms with Crippen LogP contribution in [-0.2, 0) is 6.42 Å². The third kappa shape index (κ3) is 4.85. The summed E-state index contributed by atoms with van der Waals surface area (Å²) in [4.78, 5) is 14.9. The first-order chi connectivity index (χ1) is 22.3. The Morgan fingerprint density at radius 1 is 0.489 bits per heavy atom. The lowest BCUT2D eigenvalue weighted by Gasteiger charge is -2.13. The third-order valence-electron chi connectivity index (χ3n) is 8.21. The van der Waals surface area contributed by atoms with E-state index in [1.165, 1.54) is 0 Å². The molecule has 0 amide bonds. The van der Waals surface area contributed by atoms with E-state index in [4.69, 9.17) is 20.1 Å². The zero-order chi connectivity index (χ0) is 30.2. The zero-order valence-corrected chi connectivity index (χ0v) is 24.8. The van der Waals surface area contributed by atoms with Crippen LogP contribution in [-0.4, -0.2) is 24.6 Å². The molecular formula is C40H29N5. The number of fused-ring (bicyclic) bond motifs is 3. The van der Waals surface area contributed by atoms with Crippen molar-refractivity contribution in [3.63, 3.8) is 0 Å². The third-order valence-corrected chi connectivity index (χ3v) is 8.21. The van der Waals surface area contributed by atoms with E-state index in [9.17, 15) is 0 Å². The first-order valence-electron chi connectivity index (χ1n) is 15.2. The Kier molecular flexibility index (Phi) is 6.69. The van der Waals surface area contributed by atoms with Crippen molar-refractivity contribution in [3.05, 3.63) is 151 Å². The summed E-state index contributed by atoms with van der Waals surface area (Å²) in [5.74, 6) is 1.92. The van der Waals surface area contributed by atoms with Gasteiger partial charge in [-0.25, -0.2) is 19.5 Å². The van der Waals surface area contributed by atoms with E-state index in [-0.39, 0.29) is 0 Å². The normalized spacial score (nSPS) is 11.3. The molecule has 0 bridgehead atoms. The molecule has 0 unspecified atom stereocenters. The van der Waals surface area contributed by atoms with Gasteiger partial charge in [-0.05, 0) is 29.5 Å². The lowest BCUT2D eigenvalue weighted by molar-refractivity contribution is 0.907. The highest BCUT2D eigenvalue weighted by Gasteiger charge is 2.20. The molecule has 3 heterocycles. The van der Waals surface area contributed by atoms with Gasteiger partial charge in [0.2, 0.25) is 0 Å². The summed E-state index contributed by atoms with van der Waals surface area (Å²) in [6.45, 7) is 2.17. The maximum absolute atomic E-state index is 5.22. The van der Waals surface area contributed by atoms with E-state index in [2.05, 4.69) is 90.3 Å². The fraction of sp³-hybridized carbons (Fsp3) is 0.0500. The van der Waals surface area contributed by atoms with Crippen LogP contribution in [0.1, 0.15) is 12.6 Å². The fourth-order valence-electron chi connectivity index (χ4n) is 6.03. The van der Waals surface area contributed by atoms with Gasteiger partial charge < -0.3 is 0 Å². The van der Waals surface area contributed by atoms with Gasteiger partial charge in [0, 0.05) is 33.2 Å². The Labute approximate surface area is 261 Å². The molecule has 0 spiro atoms. The molecule has 0 radical (unpaired) electrons. The topological polar surface area (TPSA) is 56.0 Å². The van der Waals surface area contributed by atoms with Crippen LogP contribution in [0, 0.1) is 0 Å². The van der Waals surface area contributed by atoms with E-state index in [0.717, 1.165) is 67.5 Å². The first-order valence-corrected chi connectivity index (χ1v) is 15.2. The van der Waals surface area contributed by atoms with Crippen molar-refractivity contribution < 1.29 is 0 Å². The summed E-state index contributed by atoms with van der Waals surface area (Å²) in [5, 5.41) is 7.45. The number of hydrogen-bond donors (Lipinski definition) is 0. The second-order valence-corrected chi connectivity index (χ2v) is 11.0. The molecule has 45 heavy (non-hydrogen) atoms. The zero-order valence-electron chi connectivity index (χ0n) is 24.8. The Morgan fingerprint density at radius 3 is 1.51 bits per heavy atom. The molecule has 0 N–H and O–H groups in total. The molecule has 0 aliphatic rings. The van der Waals surface area contributed by atoms with Crippen molar-refractivity contribution in [2.24, 2.45) is 0 Å². The maximum atomic E-state index is 5.22. The van der Waals surface area contributed by atoms with E-state index < -0.39 is 0 Å². The minimum atomic E-state index is 0.631. The van der Waals surface area contributed by atoms with E-state index in [1.807, 2.05) is 66.7 Å². The van der Waals surface area contributed by atoms with Crippen molar-refractivity contribution in [3.8, 4) is 56.5 Å². The van der Waals surface area contributed by atoms with Gasteiger partial charge in [-0.15, -0.1) is 0 Å². The van der Waals surface area contributed by atoms with Crippen molar-refractivity contribution in [1.82, 2.24) is 24.6 Å². The Balaban J connectivity index is 1.42. The molecule has 5 heteroatoms. The minimum absolute atomic E-state index is 0.631. The van der Waals surface area contributed by atoms with E-state index in [0.29, 0.717) is 17.5 Å². The largest absolute Gasteiger partial charge is 0.232 e. The van der Waals surface area contributed by atoms with Crippen molar-refractivity contribution in [2.45, 2.75) is 13.3 Å². The van der Waals surface area contributed by atoms with Crippen molar-refractivity contribution in [2.75, 3.05) is 0 Å². The molecule has 5 aromatic carbocycles. The number of benzene rings is 5. The van der Waals surface area contributed by atoms with Gasteiger partial charge in [-0.1, -0.05) is 140 Å². The van der Waals surface area contributed by atoms with Crippen LogP contribution in [0.25, 0.3) is 72.8 Å². The highest BCUT2D eigenvalue weighted by atomic mass is 15.2. The Bertz CT molecular complexity index is 2220. The fourth-order valence-corrected chi connectivity index (χ4v) is 6.03. The highest BCUT2D eigenvalue weighted by Crippen LogP contribution is 2.38. The summed E-state index contributed by atoms with van der Waals surface area (Å²) in [6.07, 6.45) is 0.815. The van der Waals surface area contributed by atoms with Gasteiger partial charge in [0.1, 0.15) is 0 Å². The second-order valence-electron chi connectivity index (χ2n) is 11.0. The summed E-state index contributed by atoms with van der Waals surface area (Å²) in [7, 11) is 0. The second kappa shape index (κ2) is 11.3. The van der Waals surface area contributed by atoms with Crippen LogP contribution in [0.3, 0.4) is 0 Å². The van der Waals surface area contributed by atoms with E-state index >= 15 is 0 Å². The Morgan fingerprint density at radius 2 is 0.978 bits per heavy atom. The van der Waals surface area contributed by atoms with Crippen LogP contribution in [0.2, 0.25) is 0 Å². The molecule has 0 saturated heterocycles. The van der Waals surface area contributed by atoms with Gasteiger partial charge in [0.15, 0.2) is 17.5 Å². The molecule has 0 atom stereocenters. The number of hydrogen-bond acceptors (Lipinski definition) is 4. The summed E-state index contributed by atoms with van der Waals surface area (Å²) >= 11 is 0. The molecule has 5 nitrogen and oxygen atoms in total. The molecule has 0 aliphatic heterocycles. The maximum Gasteiger partial charge on any atom is 0.164 e. The molecule has 8 aromatic rings. The minimum Gasteiger partial charge on any atom is -0.232 e. The monoisotopic (exact) mass is 579 g/mol.